The predicted molar refractivity (Wildman–Crippen MR) is 85.0 cm³/mol. The second-order valence-corrected chi connectivity index (χ2v) is 5.43. The molecule has 0 aliphatic carbocycles. The summed E-state index contributed by atoms with van der Waals surface area (Å²) in [5.74, 6) is 0.669. The van der Waals surface area contributed by atoms with Crippen LogP contribution in [0.1, 0.15) is 37.6 Å². The molecule has 0 bridgehead atoms. The number of hydrogen-bond donors (Lipinski definition) is 0. The third-order valence-corrected chi connectivity index (χ3v) is 3.10. The van der Waals surface area contributed by atoms with E-state index in [9.17, 15) is 9.59 Å². The second kappa shape index (κ2) is 9.07. The number of benzene rings is 1. The molecule has 0 aliphatic heterocycles. The van der Waals surface area contributed by atoms with E-state index >= 15 is 0 Å². The van der Waals surface area contributed by atoms with Gasteiger partial charge in [-0.25, -0.2) is 0 Å². The quantitative estimate of drug-likeness (QED) is 0.693. The maximum absolute atomic E-state index is 12.6. The smallest absolute Gasteiger partial charge is 0.307 e. The van der Waals surface area contributed by atoms with Crippen molar-refractivity contribution in [2.45, 2.75) is 27.2 Å². The molecule has 0 radical (unpaired) electrons. The van der Waals surface area contributed by atoms with E-state index in [4.69, 9.17) is 9.47 Å². The van der Waals surface area contributed by atoms with Crippen LogP contribution in [0.2, 0.25) is 0 Å². The summed E-state index contributed by atoms with van der Waals surface area (Å²) in [5.41, 5.74) is 0.588. The first-order valence-corrected chi connectivity index (χ1v) is 7.56. The van der Waals surface area contributed by atoms with Crippen LogP contribution in [-0.2, 0) is 9.53 Å². The Hall–Kier alpha value is -2.04. The Morgan fingerprint density at radius 2 is 1.82 bits per heavy atom. The zero-order valence-corrected chi connectivity index (χ0v) is 13.8. The largest absolute Gasteiger partial charge is 0.497 e. The molecular formula is C17H25NO4. The van der Waals surface area contributed by atoms with Crippen molar-refractivity contribution >= 4 is 11.9 Å². The summed E-state index contributed by atoms with van der Waals surface area (Å²) in [6, 6.07) is 6.98. The zero-order chi connectivity index (χ0) is 16.5. The SMILES string of the molecule is CCOC(=O)CCN(CC(C)C)C(=O)c1ccc(OC)cc1. The molecule has 5 nitrogen and oxygen atoms in total. The van der Waals surface area contributed by atoms with Gasteiger partial charge in [0.1, 0.15) is 5.75 Å². The first kappa shape index (κ1) is 18.0. The van der Waals surface area contributed by atoms with E-state index < -0.39 is 0 Å². The van der Waals surface area contributed by atoms with Crippen molar-refractivity contribution in [3.05, 3.63) is 29.8 Å². The van der Waals surface area contributed by atoms with Crippen molar-refractivity contribution < 1.29 is 19.1 Å². The Labute approximate surface area is 132 Å². The Morgan fingerprint density at radius 3 is 2.32 bits per heavy atom. The molecule has 1 rings (SSSR count). The molecule has 1 amide bonds. The number of hydrogen-bond acceptors (Lipinski definition) is 4. The normalized spacial score (nSPS) is 10.4. The number of carbonyl (C=O) groups excluding carboxylic acids is 2. The van der Waals surface area contributed by atoms with Crippen LogP contribution in [0.25, 0.3) is 0 Å². The van der Waals surface area contributed by atoms with Gasteiger partial charge in [0.15, 0.2) is 0 Å². The molecule has 1 aromatic carbocycles. The van der Waals surface area contributed by atoms with Crippen LogP contribution >= 0.6 is 0 Å². The molecule has 0 aliphatic rings. The van der Waals surface area contributed by atoms with Gasteiger partial charge < -0.3 is 14.4 Å². The Kier molecular flexibility index (Phi) is 7.43. The summed E-state index contributed by atoms with van der Waals surface area (Å²) in [4.78, 5) is 25.8. The predicted octanol–water partition coefficient (Wildman–Crippen LogP) is 2.75. The fourth-order valence-corrected chi connectivity index (χ4v) is 2.09. The lowest BCUT2D eigenvalue weighted by atomic mass is 10.1. The van der Waals surface area contributed by atoms with Crippen molar-refractivity contribution in [3.63, 3.8) is 0 Å². The second-order valence-electron chi connectivity index (χ2n) is 5.43. The van der Waals surface area contributed by atoms with E-state index in [0.717, 1.165) is 0 Å². The molecule has 0 aromatic heterocycles. The van der Waals surface area contributed by atoms with Crippen molar-refractivity contribution in [3.8, 4) is 5.75 Å². The Balaban J connectivity index is 2.76. The van der Waals surface area contributed by atoms with Gasteiger partial charge in [0.2, 0.25) is 0 Å². The standard InChI is InChI=1S/C17H25NO4/c1-5-22-16(19)10-11-18(12-13(2)3)17(20)14-6-8-15(21-4)9-7-14/h6-9,13H,5,10-12H2,1-4H3. The highest BCUT2D eigenvalue weighted by Gasteiger charge is 2.18. The summed E-state index contributed by atoms with van der Waals surface area (Å²) in [5, 5.41) is 0. The first-order chi connectivity index (χ1) is 10.5. The van der Waals surface area contributed by atoms with E-state index in [1.807, 2.05) is 13.8 Å². The number of carbonyl (C=O) groups is 2. The maximum Gasteiger partial charge on any atom is 0.307 e. The van der Waals surface area contributed by atoms with Gasteiger partial charge in [0, 0.05) is 18.7 Å². The van der Waals surface area contributed by atoms with Crippen LogP contribution in [0.3, 0.4) is 0 Å². The van der Waals surface area contributed by atoms with Crippen LogP contribution in [0.4, 0.5) is 0 Å². The molecule has 0 heterocycles. The highest BCUT2D eigenvalue weighted by atomic mass is 16.5. The zero-order valence-electron chi connectivity index (χ0n) is 13.8. The first-order valence-electron chi connectivity index (χ1n) is 7.56. The topological polar surface area (TPSA) is 55.8 Å². The minimum Gasteiger partial charge on any atom is -0.497 e. The molecule has 1 aromatic rings. The average molecular weight is 307 g/mol. The average Bonchev–Trinajstić information content (AvgIpc) is 2.50. The van der Waals surface area contributed by atoms with Crippen LogP contribution in [0.15, 0.2) is 24.3 Å². The third kappa shape index (κ3) is 5.76. The number of amides is 1. The van der Waals surface area contributed by atoms with Crippen molar-refractivity contribution in [2.75, 3.05) is 26.8 Å². The van der Waals surface area contributed by atoms with Crippen molar-refractivity contribution in [1.82, 2.24) is 4.90 Å². The summed E-state index contributed by atoms with van der Waals surface area (Å²) in [6.07, 6.45) is 0.211. The highest BCUT2D eigenvalue weighted by Crippen LogP contribution is 2.14. The summed E-state index contributed by atoms with van der Waals surface area (Å²) in [6.45, 7) is 7.17. The van der Waals surface area contributed by atoms with Crippen LogP contribution in [-0.4, -0.2) is 43.6 Å². The minimum absolute atomic E-state index is 0.0827. The minimum atomic E-state index is -0.279. The van der Waals surface area contributed by atoms with Crippen molar-refractivity contribution in [1.29, 1.82) is 0 Å². The molecule has 0 saturated carbocycles. The summed E-state index contributed by atoms with van der Waals surface area (Å²) >= 11 is 0. The molecule has 5 heteroatoms. The van der Waals surface area contributed by atoms with Gasteiger partial charge in [-0.2, -0.15) is 0 Å². The number of esters is 1. The van der Waals surface area contributed by atoms with Gasteiger partial charge in [-0.05, 0) is 37.1 Å². The molecule has 0 N–H and O–H groups in total. The number of rotatable bonds is 8. The summed E-state index contributed by atoms with van der Waals surface area (Å²) < 4.78 is 10.0. The maximum atomic E-state index is 12.6. The Morgan fingerprint density at radius 1 is 1.18 bits per heavy atom. The number of ether oxygens (including phenoxy) is 2. The third-order valence-electron chi connectivity index (χ3n) is 3.10. The molecule has 0 atom stereocenters. The number of nitrogens with zero attached hydrogens (tertiary/aromatic N) is 1. The monoisotopic (exact) mass is 307 g/mol. The molecular weight excluding hydrogens is 282 g/mol. The lowest BCUT2D eigenvalue weighted by molar-refractivity contribution is -0.143. The van der Waals surface area contributed by atoms with Gasteiger partial charge in [-0.15, -0.1) is 0 Å². The lowest BCUT2D eigenvalue weighted by Crippen LogP contribution is -2.36. The van der Waals surface area contributed by atoms with Crippen LogP contribution in [0, 0.1) is 5.92 Å². The van der Waals surface area contributed by atoms with Gasteiger partial charge in [0.25, 0.3) is 5.91 Å². The van der Waals surface area contributed by atoms with Crippen LogP contribution < -0.4 is 4.74 Å². The van der Waals surface area contributed by atoms with Gasteiger partial charge in [-0.1, -0.05) is 13.8 Å². The van der Waals surface area contributed by atoms with E-state index in [-0.39, 0.29) is 18.3 Å². The van der Waals surface area contributed by atoms with E-state index in [1.54, 1.807) is 43.2 Å². The van der Waals surface area contributed by atoms with E-state index in [1.165, 1.54) is 0 Å². The molecule has 22 heavy (non-hydrogen) atoms. The molecule has 122 valence electrons. The van der Waals surface area contributed by atoms with Gasteiger partial charge in [-0.3, -0.25) is 9.59 Å². The summed E-state index contributed by atoms with van der Waals surface area (Å²) in [7, 11) is 1.58. The fourth-order valence-electron chi connectivity index (χ4n) is 2.09. The van der Waals surface area contributed by atoms with Crippen molar-refractivity contribution in [2.24, 2.45) is 5.92 Å². The van der Waals surface area contributed by atoms with Gasteiger partial charge in [0.05, 0.1) is 20.1 Å². The molecule has 0 spiro atoms. The van der Waals surface area contributed by atoms with E-state index in [2.05, 4.69) is 0 Å². The fraction of sp³-hybridized carbons (Fsp3) is 0.529. The molecule has 0 saturated heterocycles. The van der Waals surface area contributed by atoms with E-state index in [0.29, 0.717) is 36.9 Å². The van der Waals surface area contributed by atoms with Gasteiger partial charge >= 0.3 is 5.97 Å². The van der Waals surface area contributed by atoms with Crippen LogP contribution in [0.5, 0.6) is 5.75 Å². The molecule has 0 unspecified atom stereocenters. The molecule has 0 fully saturated rings. The highest BCUT2D eigenvalue weighted by molar-refractivity contribution is 5.94. The lowest BCUT2D eigenvalue weighted by Gasteiger charge is -2.24. The Bertz CT molecular complexity index is 482. The number of methoxy groups -OCH3 is 1.